The molecule has 0 unspecified atom stereocenters. The van der Waals surface area contributed by atoms with E-state index in [-0.39, 0.29) is 0 Å². The molecule has 0 aliphatic carbocycles. The summed E-state index contributed by atoms with van der Waals surface area (Å²) in [6.45, 7) is 0. The second-order valence-corrected chi connectivity index (χ2v) is 3.59. The maximum Gasteiger partial charge on any atom is 0.409 e. The standard InChI is InChI=1S/C12H11N3O3/c13-11(16)8-4-5-15(7-8)9-2-1-3-10(6-9)18-12(14)17/h1-7H,(H2,13,16)(H2,14,17). The van der Waals surface area contributed by atoms with Crippen LogP contribution in [0.25, 0.3) is 5.69 Å². The van der Waals surface area contributed by atoms with Crippen molar-refractivity contribution in [2.75, 3.05) is 0 Å². The zero-order valence-corrected chi connectivity index (χ0v) is 9.37. The average Bonchev–Trinajstić information content (AvgIpc) is 2.77. The molecule has 0 atom stereocenters. The maximum atomic E-state index is 11.0. The number of benzene rings is 1. The van der Waals surface area contributed by atoms with Crippen LogP contribution < -0.4 is 16.2 Å². The van der Waals surface area contributed by atoms with E-state index in [1.165, 1.54) is 0 Å². The molecular weight excluding hydrogens is 234 g/mol. The van der Waals surface area contributed by atoms with Gasteiger partial charge in [-0.15, -0.1) is 0 Å². The molecule has 2 amide bonds. The number of aromatic nitrogens is 1. The van der Waals surface area contributed by atoms with Crippen molar-refractivity contribution in [2.24, 2.45) is 11.5 Å². The highest BCUT2D eigenvalue weighted by atomic mass is 16.5. The fraction of sp³-hybridized carbons (Fsp3) is 0. The molecule has 0 spiro atoms. The van der Waals surface area contributed by atoms with Gasteiger partial charge in [0.15, 0.2) is 0 Å². The molecule has 2 aromatic rings. The summed E-state index contributed by atoms with van der Waals surface area (Å²) in [7, 11) is 0. The number of hydrogen-bond acceptors (Lipinski definition) is 3. The Bertz CT molecular complexity index is 604. The van der Waals surface area contributed by atoms with E-state index in [0.717, 1.165) is 5.69 Å². The van der Waals surface area contributed by atoms with Crippen LogP contribution in [0.2, 0.25) is 0 Å². The van der Waals surface area contributed by atoms with Crippen molar-refractivity contribution < 1.29 is 14.3 Å². The van der Waals surface area contributed by atoms with Gasteiger partial charge in [0.05, 0.1) is 5.56 Å². The number of nitrogens with zero attached hydrogens (tertiary/aromatic N) is 1. The normalized spacial score (nSPS) is 10.0. The molecule has 0 saturated heterocycles. The van der Waals surface area contributed by atoms with Crippen molar-refractivity contribution >= 4 is 12.0 Å². The van der Waals surface area contributed by atoms with Gasteiger partial charge >= 0.3 is 6.09 Å². The van der Waals surface area contributed by atoms with Crippen LogP contribution in [0, 0.1) is 0 Å². The van der Waals surface area contributed by atoms with Crippen molar-refractivity contribution in [2.45, 2.75) is 0 Å². The Morgan fingerprint density at radius 3 is 2.56 bits per heavy atom. The SMILES string of the molecule is NC(=O)Oc1cccc(-n2ccc(C(N)=O)c2)c1. The van der Waals surface area contributed by atoms with Crippen LogP contribution in [0.3, 0.4) is 0 Å². The first-order valence-electron chi connectivity index (χ1n) is 5.12. The van der Waals surface area contributed by atoms with Crippen LogP contribution >= 0.6 is 0 Å². The highest BCUT2D eigenvalue weighted by Gasteiger charge is 2.05. The van der Waals surface area contributed by atoms with Crippen LogP contribution in [0.4, 0.5) is 4.79 Å². The van der Waals surface area contributed by atoms with Gasteiger partial charge < -0.3 is 20.8 Å². The number of carbonyl (C=O) groups excluding carboxylic acids is 2. The Kier molecular flexibility index (Phi) is 3.01. The summed E-state index contributed by atoms with van der Waals surface area (Å²) in [5, 5.41) is 0. The lowest BCUT2D eigenvalue weighted by molar-refractivity contribution is 0.100. The average molecular weight is 245 g/mol. The second-order valence-electron chi connectivity index (χ2n) is 3.59. The second kappa shape index (κ2) is 4.62. The molecule has 0 fully saturated rings. The summed E-state index contributed by atoms with van der Waals surface area (Å²) < 4.78 is 6.45. The summed E-state index contributed by atoms with van der Waals surface area (Å²) in [6.07, 6.45) is 2.40. The lowest BCUT2D eigenvalue weighted by atomic mass is 10.3. The van der Waals surface area contributed by atoms with E-state index in [1.807, 2.05) is 0 Å². The molecule has 1 aromatic carbocycles. The van der Waals surface area contributed by atoms with E-state index in [1.54, 1.807) is 47.3 Å². The first kappa shape index (κ1) is 11.7. The smallest absolute Gasteiger partial charge is 0.409 e. The number of rotatable bonds is 3. The minimum absolute atomic E-state index is 0.328. The Balaban J connectivity index is 2.32. The Labute approximate surface area is 103 Å². The quantitative estimate of drug-likeness (QED) is 0.844. The van der Waals surface area contributed by atoms with Crippen LogP contribution in [-0.4, -0.2) is 16.6 Å². The van der Waals surface area contributed by atoms with E-state index >= 15 is 0 Å². The monoisotopic (exact) mass is 245 g/mol. The minimum atomic E-state index is -0.877. The van der Waals surface area contributed by atoms with Crippen molar-refractivity contribution in [1.82, 2.24) is 4.57 Å². The number of amides is 2. The molecule has 1 aromatic heterocycles. The summed E-state index contributed by atoms with van der Waals surface area (Å²) >= 11 is 0. The lowest BCUT2D eigenvalue weighted by Gasteiger charge is -2.05. The highest BCUT2D eigenvalue weighted by Crippen LogP contribution is 2.17. The van der Waals surface area contributed by atoms with E-state index in [4.69, 9.17) is 16.2 Å². The van der Waals surface area contributed by atoms with Crippen LogP contribution in [0.15, 0.2) is 42.7 Å². The number of ether oxygens (including phenoxy) is 1. The molecule has 4 N–H and O–H groups in total. The predicted molar refractivity (Wildman–Crippen MR) is 64.5 cm³/mol. The number of primary amides is 2. The Hall–Kier alpha value is -2.76. The van der Waals surface area contributed by atoms with Gasteiger partial charge in [-0.3, -0.25) is 4.79 Å². The first-order chi connectivity index (χ1) is 8.56. The van der Waals surface area contributed by atoms with Crippen LogP contribution in [0.5, 0.6) is 5.75 Å². The molecule has 0 aliphatic heterocycles. The van der Waals surface area contributed by atoms with E-state index < -0.39 is 12.0 Å². The number of nitrogens with two attached hydrogens (primary N) is 2. The number of carbonyl (C=O) groups is 2. The Morgan fingerprint density at radius 1 is 1.17 bits per heavy atom. The van der Waals surface area contributed by atoms with Crippen molar-refractivity contribution in [3.05, 3.63) is 48.3 Å². The first-order valence-corrected chi connectivity index (χ1v) is 5.12. The van der Waals surface area contributed by atoms with Crippen LogP contribution in [-0.2, 0) is 0 Å². The molecule has 0 bridgehead atoms. The fourth-order valence-corrected chi connectivity index (χ4v) is 1.53. The molecule has 6 heteroatoms. The molecule has 1 heterocycles. The molecule has 0 aliphatic rings. The summed E-state index contributed by atoms with van der Waals surface area (Å²) in [5.41, 5.74) is 11.2. The van der Waals surface area contributed by atoms with Gasteiger partial charge in [0.2, 0.25) is 5.91 Å². The number of hydrogen-bond donors (Lipinski definition) is 2. The molecule has 0 saturated carbocycles. The summed E-state index contributed by atoms with van der Waals surface area (Å²) in [5.74, 6) is -0.174. The van der Waals surface area contributed by atoms with Gasteiger partial charge in [-0.1, -0.05) is 6.07 Å². The predicted octanol–water partition coefficient (Wildman–Crippen LogP) is 1.03. The molecule has 2 rings (SSSR count). The molecule has 6 nitrogen and oxygen atoms in total. The third-order valence-electron chi connectivity index (χ3n) is 2.31. The zero-order chi connectivity index (χ0) is 13.1. The summed E-state index contributed by atoms with van der Waals surface area (Å²) in [6, 6.07) is 8.32. The minimum Gasteiger partial charge on any atom is -0.410 e. The molecular formula is C12H11N3O3. The van der Waals surface area contributed by atoms with Crippen molar-refractivity contribution in [1.29, 1.82) is 0 Å². The van der Waals surface area contributed by atoms with E-state index in [2.05, 4.69) is 0 Å². The molecule has 18 heavy (non-hydrogen) atoms. The third-order valence-corrected chi connectivity index (χ3v) is 2.31. The van der Waals surface area contributed by atoms with Gasteiger partial charge in [0.1, 0.15) is 5.75 Å². The van der Waals surface area contributed by atoms with E-state index in [9.17, 15) is 9.59 Å². The lowest BCUT2D eigenvalue weighted by Crippen LogP contribution is -2.16. The van der Waals surface area contributed by atoms with Gasteiger partial charge in [-0.2, -0.15) is 0 Å². The van der Waals surface area contributed by atoms with Gasteiger partial charge in [0, 0.05) is 24.1 Å². The maximum absolute atomic E-state index is 11.0. The van der Waals surface area contributed by atoms with Gasteiger partial charge in [-0.05, 0) is 18.2 Å². The van der Waals surface area contributed by atoms with Crippen LogP contribution in [0.1, 0.15) is 10.4 Å². The van der Waals surface area contributed by atoms with Crippen molar-refractivity contribution in [3.63, 3.8) is 0 Å². The van der Waals surface area contributed by atoms with Crippen molar-refractivity contribution in [3.8, 4) is 11.4 Å². The largest absolute Gasteiger partial charge is 0.410 e. The molecule has 0 radical (unpaired) electrons. The zero-order valence-electron chi connectivity index (χ0n) is 9.37. The van der Waals surface area contributed by atoms with E-state index in [0.29, 0.717) is 11.3 Å². The summed E-state index contributed by atoms with van der Waals surface area (Å²) in [4.78, 5) is 21.6. The van der Waals surface area contributed by atoms with Gasteiger partial charge in [0.25, 0.3) is 0 Å². The Morgan fingerprint density at radius 2 is 1.94 bits per heavy atom. The molecule has 92 valence electrons. The fourth-order valence-electron chi connectivity index (χ4n) is 1.53. The third kappa shape index (κ3) is 2.49. The van der Waals surface area contributed by atoms with Gasteiger partial charge in [-0.25, -0.2) is 4.79 Å². The topological polar surface area (TPSA) is 100 Å². The highest BCUT2D eigenvalue weighted by molar-refractivity contribution is 5.92.